The third-order valence-corrected chi connectivity index (χ3v) is 8.76. The topological polar surface area (TPSA) is 45.8 Å². The zero-order valence-corrected chi connectivity index (χ0v) is 20.5. The number of aryl methyl sites for hydroxylation is 1. The molecule has 5 rings (SSSR count). The highest BCUT2D eigenvalue weighted by molar-refractivity contribution is 7.12. The second-order valence-corrected chi connectivity index (χ2v) is 11.5. The van der Waals surface area contributed by atoms with Gasteiger partial charge >= 0.3 is 0 Å². The van der Waals surface area contributed by atoms with Gasteiger partial charge in [-0.15, -0.1) is 34.0 Å². The molecule has 1 aliphatic rings. The molecule has 0 radical (unpaired) electrons. The maximum atomic E-state index is 11.8. The summed E-state index contributed by atoms with van der Waals surface area (Å²) in [7, 11) is 0. The number of rotatable bonds is 9. The van der Waals surface area contributed by atoms with Crippen LogP contribution in [-0.2, 0) is 23.4 Å². The van der Waals surface area contributed by atoms with Crippen molar-refractivity contribution >= 4 is 34.0 Å². The highest BCUT2D eigenvalue weighted by Crippen LogP contribution is 2.41. The summed E-state index contributed by atoms with van der Waals surface area (Å²) >= 11 is 4.93. The zero-order chi connectivity index (χ0) is 22.0. The van der Waals surface area contributed by atoms with E-state index in [4.69, 9.17) is 9.15 Å². The molecule has 1 aliphatic heterocycles. The molecule has 0 spiro atoms. The highest BCUT2D eigenvalue weighted by Gasteiger charge is 2.39. The number of hydrogen-bond donors (Lipinski definition) is 1. The van der Waals surface area contributed by atoms with Gasteiger partial charge in [-0.05, 0) is 66.9 Å². The van der Waals surface area contributed by atoms with E-state index in [2.05, 4.69) is 24.0 Å². The Morgan fingerprint density at radius 1 is 1.03 bits per heavy atom. The summed E-state index contributed by atoms with van der Waals surface area (Å²) in [5.74, 6) is 1.43. The standard InChI is InChI=1S/C25H27NO3S3/c1-18-8-10-21(32-18)17-26(15-19-5-2-12-28-19)16-20-9-11-22(29-20)25(27,23-6-3-13-30-23)24-7-4-14-31-24/h3-4,6-11,13-14,19,27H,2,5,12,15-17H2,1H3. The minimum Gasteiger partial charge on any atom is -0.461 e. The normalized spacial score (nSPS) is 16.9. The second-order valence-electron chi connectivity index (χ2n) is 8.25. The molecular formula is C25H27NO3S3. The van der Waals surface area contributed by atoms with E-state index in [-0.39, 0.29) is 6.10 Å². The molecule has 32 heavy (non-hydrogen) atoms. The molecule has 4 aromatic rings. The number of furan rings is 1. The largest absolute Gasteiger partial charge is 0.461 e. The fraction of sp³-hybridized carbons (Fsp3) is 0.360. The SMILES string of the molecule is Cc1ccc(CN(Cc2ccc(C(O)(c3cccs3)c3cccs3)o2)CC2CCCO2)s1. The van der Waals surface area contributed by atoms with Crippen molar-refractivity contribution in [3.8, 4) is 0 Å². The Bertz CT molecular complexity index is 1070. The van der Waals surface area contributed by atoms with Crippen LogP contribution < -0.4 is 0 Å². The first-order chi connectivity index (χ1) is 15.6. The Balaban J connectivity index is 1.39. The van der Waals surface area contributed by atoms with Crippen molar-refractivity contribution in [1.29, 1.82) is 0 Å². The van der Waals surface area contributed by atoms with Crippen LogP contribution in [0.15, 0.2) is 63.7 Å². The second kappa shape index (κ2) is 9.63. The maximum absolute atomic E-state index is 11.8. The molecule has 1 fully saturated rings. The van der Waals surface area contributed by atoms with E-state index in [1.54, 1.807) is 22.7 Å². The number of hydrogen-bond acceptors (Lipinski definition) is 7. The Labute approximate surface area is 200 Å². The van der Waals surface area contributed by atoms with Crippen LogP contribution in [0.2, 0.25) is 0 Å². The van der Waals surface area contributed by atoms with Gasteiger partial charge in [-0.2, -0.15) is 0 Å². The minimum absolute atomic E-state index is 0.277. The Kier molecular flexibility index (Phi) is 6.64. The van der Waals surface area contributed by atoms with Gasteiger partial charge in [-0.3, -0.25) is 4.90 Å². The zero-order valence-electron chi connectivity index (χ0n) is 18.0. The van der Waals surface area contributed by atoms with E-state index < -0.39 is 5.60 Å². The van der Waals surface area contributed by atoms with Crippen LogP contribution in [0.25, 0.3) is 0 Å². The molecule has 0 aromatic carbocycles. The fourth-order valence-corrected chi connectivity index (χ4v) is 6.94. The summed E-state index contributed by atoms with van der Waals surface area (Å²) < 4.78 is 12.2. The van der Waals surface area contributed by atoms with E-state index >= 15 is 0 Å². The molecule has 1 atom stereocenters. The molecule has 4 aromatic heterocycles. The summed E-state index contributed by atoms with van der Waals surface area (Å²) in [5, 5.41) is 15.8. The first-order valence-electron chi connectivity index (χ1n) is 10.9. The smallest absolute Gasteiger partial charge is 0.191 e. The van der Waals surface area contributed by atoms with Crippen LogP contribution in [0.5, 0.6) is 0 Å². The van der Waals surface area contributed by atoms with Gasteiger partial charge in [0, 0.05) is 39.2 Å². The van der Waals surface area contributed by atoms with E-state index in [9.17, 15) is 5.11 Å². The van der Waals surface area contributed by atoms with Gasteiger partial charge in [0.15, 0.2) is 5.60 Å². The van der Waals surface area contributed by atoms with E-state index in [1.165, 1.54) is 9.75 Å². The number of thiophene rings is 3. The van der Waals surface area contributed by atoms with Crippen molar-refractivity contribution in [1.82, 2.24) is 4.90 Å². The summed E-state index contributed by atoms with van der Waals surface area (Å²) in [4.78, 5) is 6.81. The highest BCUT2D eigenvalue weighted by atomic mass is 32.1. The average molecular weight is 486 g/mol. The van der Waals surface area contributed by atoms with Crippen LogP contribution in [0.4, 0.5) is 0 Å². The molecular weight excluding hydrogens is 458 g/mol. The lowest BCUT2D eigenvalue weighted by Gasteiger charge is -2.25. The monoisotopic (exact) mass is 485 g/mol. The first-order valence-corrected chi connectivity index (χ1v) is 13.5. The van der Waals surface area contributed by atoms with Gasteiger partial charge < -0.3 is 14.3 Å². The fourth-order valence-electron chi connectivity index (χ4n) is 4.26. The summed E-state index contributed by atoms with van der Waals surface area (Å²) in [6.07, 6.45) is 2.52. The molecule has 7 heteroatoms. The van der Waals surface area contributed by atoms with Gasteiger partial charge in [0.1, 0.15) is 11.5 Å². The van der Waals surface area contributed by atoms with Crippen LogP contribution in [0.1, 0.15) is 43.9 Å². The molecule has 1 saturated heterocycles. The van der Waals surface area contributed by atoms with Crippen molar-refractivity contribution in [3.05, 3.63) is 90.3 Å². The minimum atomic E-state index is -1.26. The molecule has 0 bridgehead atoms. The first kappa shape index (κ1) is 22.1. The summed E-state index contributed by atoms with van der Waals surface area (Å²) in [6, 6.07) is 16.2. The molecule has 0 saturated carbocycles. The number of ether oxygens (including phenoxy) is 1. The summed E-state index contributed by atoms with van der Waals surface area (Å²) in [6.45, 7) is 5.44. The lowest BCUT2D eigenvalue weighted by molar-refractivity contribution is 0.0638. The third-order valence-electron chi connectivity index (χ3n) is 5.81. The average Bonchev–Trinajstić information content (AvgIpc) is 3.60. The van der Waals surface area contributed by atoms with E-state index in [0.717, 1.165) is 48.1 Å². The van der Waals surface area contributed by atoms with E-state index in [1.807, 2.05) is 58.5 Å². The van der Waals surface area contributed by atoms with Gasteiger partial charge in [-0.1, -0.05) is 12.1 Å². The van der Waals surface area contributed by atoms with Gasteiger partial charge in [0.05, 0.1) is 12.6 Å². The van der Waals surface area contributed by atoms with E-state index in [0.29, 0.717) is 12.3 Å². The predicted octanol–water partition coefficient (Wildman–Crippen LogP) is 6.24. The molecule has 168 valence electrons. The quantitative estimate of drug-likeness (QED) is 0.305. The van der Waals surface area contributed by atoms with Crippen molar-refractivity contribution in [2.45, 2.75) is 44.6 Å². The van der Waals surface area contributed by atoms with Crippen LogP contribution >= 0.6 is 34.0 Å². The van der Waals surface area contributed by atoms with Crippen molar-refractivity contribution in [2.24, 2.45) is 0 Å². The third kappa shape index (κ3) is 4.64. The molecule has 0 amide bonds. The number of nitrogens with zero attached hydrogens (tertiary/aromatic N) is 1. The lowest BCUT2D eigenvalue weighted by Crippen LogP contribution is -2.31. The van der Waals surface area contributed by atoms with Crippen molar-refractivity contribution in [2.75, 3.05) is 13.2 Å². The number of aliphatic hydroxyl groups is 1. The predicted molar refractivity (Wildman–Crippen MR) is 132 cm³/mol. The molecule has 1 N–H and O–H groups in total. The molecule has 5 heterocycles. The Morgan fingerprint density at radius 3 is 2.41 bits per heavy atom. The van der Waals surface area contributed by atoms with Crippen LogP contribution in [0.3, 0.4) is 0 Å². The molecule has 0 aliphatic carbocycles. The summed E-state index contributed by atoms with van der Waals surface area (Å²) in [5.41, 5.74) is -1.26. The van der Waals surface area contributed by atoms with Crippen LogP contribution in [0, 0.1) is 6.92 Å². The van der Waals surface area contributed by atoms with Gasteiger partial charge in [-0.25, -0.2) is 0 Å². The Hall–Kier alpha value is -1.74. The van der Waals surface area contributed by atoms with Crippen molar-refractivity contribution < 1.29 is 14.3 Å². The van der Waals surface area contributed by atoms with Crippen molar-refractivity contribution in [3.63, 3.8) is 0 Å². The van der Waals surface area contributed by atoms with Crippen LogP contribution in [-0.4, -0.2) is 29.3 Å². The van der Waals surface area contributed by atoms with Gasteiger partial charge in [0.25, 0.3) is 0 Å². The molecule has 1 unspecified atom stereocenters. The Morgan fingerprint density at radius 2 is 1.81 bits per heavy atom. The van der Waals surface area contributed by atoms with Gasteiger partial charge in [0.2, 0.25) is 0 Å². The molecule has 4 nitrogen and oxygen atoms in total. The lowest BCUT2D eigenvalue weighted by atomic mass is 9.97. The maximum Gasteiger partial charge on any atom is 0.191 e.